The van der Waals surface area contributed by atoms with Gasteiger partial charge in [0.15, 0.2) is 17.5 Å². The molecule has 0 saturated carbocycles. The Hall–Kier alpha value is -4.02. The van der Waals surface area contributed by atoms with E-state index < -0.39 is 78.8 Å². The molecule has 15 nitrogen and oxygen atoms in total. The third-order valence-corrected chi connectivity index (χ3v) is 6.56. The summed E-state index contributed by atoms with van der Waals surface area (Å²) in [5, 5.41) is 78.4. The highest BCUT2D eigenvalue weighted by Gasteiger charge is 2.45. The Morgan fingerprint density at radius 2 is 1.77 bits per heavy atom. The first-order valence-corrected chi connectivity index (χ1v) is 11.7. The number of nitrogens with zero attached hydrogens (tertiary/aromatic N) is 2. The van der Waals surface area contributed by atoms with Gasteiger partial charge in [0, 0.05) is 30.8 Å². The number of rotatable bonds is 8. The summed E-state index contributed by atoms with van der Waals surface area (Å²) >= 11 is 0. The van der Waals surface area contributed by atoms with Crippen molar-refractivity contribution in [3.05, 3.63) is 41.6 Å². The first kappa shape index (κ1) is 28.0. The summed E-state index contributed by atoms with van der Waals surface area (Å²) in [6.45, 7) is -0.688. The van der Waals surface area contributed by atoms with Gasteiger partial charge in [-0.2, -0.15) is 0 Å². The van der Waals surface area contributed by atoms with Gasteiger partial charge < -0.3 is 55.2 Å². The average Bonchev–Trinajstić information content (AvgIpc) is 3.24. The van der Waals surface area contributed by atoms with Crippen LogP contribution < -0.4 is 9.64 Å². The molecule has 0 spiro atoms. The predicted molar refractivity (Wildman–Crippen MR) is 128 cm³/mol. The Bertz CT molecular complexity index is 1260. The van der Waals surface area contributed by atoms with Crippen LogP contribution in [-0.4, -0.2) is 114 Å². The number of fused-ring (bicyclic) bond motifs is 1. The maximum atomic E-state index is 12.0. The van der Waals surface area contributed by atoms with Crippen molar-refractivity contribution < 1.29 is 64.7 Å². The predicted octanol–water partition coefficient (Wildman–Crippen LogP) is -1.79. The maximum Gasteiger partial charge on any atom is 0.354 e. The van der Waals surface area contributed by atoms with Gasteiger partial charge in [-0.1, -0.05) is 0 Å². The molecule has 0 bridgehead atoms. The summed E-state index contributed by atoms with van der Waals surface area (Å²) < 4.78 is 10.8. The SMILES string of the molecule is O=C(O)C1=N[C@H](C(=O)O)CC(/C=C/N2c3cc(O)c(O[C@@H]4O[C@H](CO)[C@@H](O)[C@H](O)[C@H]4O)cc3CC2C(=O)O)=C1. The molecule has 1 aromatic carbocycles. The third-order valence-electron chi connectivity index (χ3n) is 6.56. The number of phenols is 1. The molecule has 4 rings (SSSR count). The number of carboxylic acid groups (broad SMARTS) is 3. The van der Waals surface area contributed by atoms with E-state index >= 15 is 0 Å². The number of hydrogen-bond donors (Lipinski definition) is 8. The number of hydrogen-bond acceptors (Lipinski definition) is 12. The summed E-state index contributed by atoms with van der Waals surface area (Å²) in [5.41, 5.74) is 0.477. The van der Waals surface area contributed by atoms with Crippen molar-refractivity contribution in [2.75, 3.05) is 11.5 Å². The minimum Gasteiger partial charge on any atom is -0.504 e. The van der Waals surface area contributed by atoms with E-state index in [-0.39, 0.29) is 29.9 Å². The molecule has 210 valence electrons. The van der Waals surface area contributed by atoms with E-state index in [1.165, 1.54) is 35.4 Å². The largest absolute Gasteiger partial charge is 0.504 e. The highest BCUT2D eigenvalue weighted by atomic mass is 16.7. The second-order valence-electron chi connectivity index (χ2n) is 9.14. The average molecular weight is 550 g/mol. The maximum absolute atomic E-state index is 12.0. The zero-order valence-electron chi connectivity index (χ0n) is 20.1. The smallest absolute Gasteiger partial charge is 0.354 e. The molecule has 1 fully saturated rings. The minimum atomic E-state index is -1.74. The van der Waals surface area contributed by atoms with Crippen LogP contribution in [0.2, 0.25) is 0 Å². The van der Waals surface area contributed by atoms with Gasteiger partial charge in [-0.15, -0.1) is 0 Å². The van der Waals surface area contributed by atoms with Gasteiger partial charge >= 0.3 is 17.9 Å². The molecule has 3 aliphatic rings. The van der Waals surface area contributed by atoms with Gasteiger partial charge in [-0.3, -0.25) is 4.99 Å². The number of aliphatic imine (C=N–C) groups is 1. The number of aliphatic hydroxyl groups excluding tert-OH is 4. The summed E-state index contributed by atoms with van der Waals surface area (Å²) in [7, 11) is 0. The Morgan fingerprint density at radius 1 is 1.05 bits per heavy atom. The molecule has 1 saturated heterocycles. The number of anilines is 1. The molecule has 1 unspecified atom stereocenters. The van der Waals surface area contributed by atoms with Crippen LogP contribution in [0.3, 0.4) is 0 Å². The highest BCUT2D eigenvalue weighted by Crippen LogP contribution is 2.42. The van der Waals surface area contributed by atoms with Crippen molar-refractivity contribution in [3.63, 3.8) is 0 Å². The molecule has 39 heavy (non-hydrogen) atoms. The summed E-state index contributed by atoms with van der Waals surface area (Å²) in [6.07, 6.45) is -4.19. The van der Waals surface area contributed by atoms with Crippen LogP contribution in [-0.2, 0) is 25.5 Å². The lowest BCUT2D eigenvalue weighted by molar-refractivity contribution is -0.277. The number of aromatic hydroxyl groups is 1. The molecule has 0 aromatic heterocycles. The Kier molecular flexibility index (Phi) is 7.89. The summed E-state index contributed by atoms with van der Waals surface area (Å²) in [4.78, 5) is 39.7. The molecule has 3 aliphatic heterocycles. The molecular weight excluding hydrogens is 524 g/mol. The van der Waals surface area contributed by atoms with Crippen molar-refractivity contribution in [1.82, 2.24) is 0 Å². The van der Waals surface area contributed by atoms with Gasteiger partial charge in [-0.25, -0.2) is 14.4 Å². The number of carbonyl (C=O) groups is 3. The van der Waals surface area contributed by atoms with Crippen LogP contribution in [0.15, 0.2) is 41.1 Å². The zero-order chi connectivity index (χ0) is 28.6. The van der Waals surface area contributed by atoms with Crippen molar-refractivity contribution >= 4 is 29.3 Å². The van der Waals surface area contributed by atoms with Crippen LogP contribution in [0.1, 0.15) is 12.0 Å². The minimum absolute atomic E-state index is 0.0566. The second-order valence-corrected chi connectivity index (χ2v) is 9.14. The number of phenolic OH excluding ortho intramolecular Hbond substituents is 1. The number of carboxylic acids is 3. The summed E-state index contributed by atoms with van der Waals surface area (Å²) in [6, 6.07) is 0.0330. The molecule has 7 atom stereocenters. The monoisotopic (exact) mass is 550 g/mol. The van der Waals surface area contributed by atoms with Crippen LogP contribution >= 0.6 is 0 Å². The van der Waals surface area contributed by atoms with Crippen molar-refractivity contribution in [1.29, 1.82) is 0 Å². The topological polar surface area (TPSA) is 247 Å². The molecular formula is C24H26N2O13. The standard InChI is InChI=1S/C24H26N2O13/c27-8-17-18(29)19(30)20(31)24(39-17)38-16-6-10-5-14(23(36)37)26(13(10)7-15(16)28)2-1-9-3-11(21(32)33)25-12(4-9)22(34)35/h1-3,6-7,12,14,17-20,24,27-31H,4-5,8H2,(H,32,33)(H,34,35)(H,36,37)/b2-1+/t12-,14?,17+,18+,19-,20+,24+/m0/s1. The van der Waals surface area contributed by atoms with Crippen LogP contribution in [0.25, 0.3) is 0 Å². The number of dihydropyridines is 1. The van der Waals surface area contributed by atoms with Gasteiger partial charge in [0.05, 0.1) is 6.61 Å². The van der Waals surface area contributed by atoms with Gasteiger partial charge in [-0.05, 0) is 29.4 Å². The quantitative estimate of drug-likeness (QED) is 0.178. The van der Waals surface area contributed by atoms with E-state index in [1.807, 2.05) is 0 Å². The van der Waals surface area contributed by atoms with E-state index in [0.717, 1.165) is 0 Å². The fourth-order valence-electron chi connectivity index (χ4n) is 4.51. The number of allylic oxidation sites excluding steroid dienone is 1. The first-order valence-electron chi connectivity index (χ1n) is 11.7. The lowest BCUT2D eigenvalue weighted by Gasteiger charge is -2.39. The highest BCUT2D eigenvalue weighted by molar-refractivity contribution is 6.41. The molecule has 0 aliphatic carbocycles. The van der Waals surface area contributed by atoms with Gasteiger partial charge in [0.25, 0.3) is 0 Å². The third kappa shape index (κ3) is 5.57. The summed E-state index contributed by atoms with van der Waals surface area (Å²) in [5.74, 6) is -4.67. The molecule has 8 N–H and O–H groups in total. The number of aliphatic hydroxyl groups is 4. The molecule has 1 aromatic rings. The van der Waals surface area contributed by atoms with E-state index in [4.69, 9.17) is 9.47 Å². The number of aliphatic carboxylic acids is 3. The molecule has 15 heteroatoms. The van der Waals surface area contributed by atoms with Gasteiger partial charge in [0.1, 0.15) is 36.2 Å². The molecule has 0 radical (unpaired) electrons. The lowest BCUT2D eigenvalue weighted by Crippen LogP contribution is -2.60. The Balaban J connectivity index is 1.61. The van der Waals surface area contributed by atoms with Crippen LogP contribution in [0.4, 0.5) is 5.69 Å². The normalized spacial score (nSPS) is 30.5. The van der Waals surface area contributed by atoms with E-state index in [9.17, 15) is 55.2 Å². The van der Waals surface area contributed by atoms with E-state index in [0.29, 0.717) is 5.56 Å². The van der Waals surface area contributed by atoms with Crippen LogP contribution in [0, 0.1) is 0 Å². The van der Waals surface area contributed by atoms with Crippen molar-refractivity contribution in [2.24, 2.45) is 4.99 Å². The van der Waals surface area contributed by atoms with Crippen LogP contribution in [0.5, 0.6) is 11.5 Å². The number of benzene rings is 1. The second kappa shape index (κ2) is 11.0. The Labute approximate surface area is 219 Å². The van der Waals surface area contributed by atoms with Gasteiger partial charge in [0.2, 0.25) is 6.29 Å². The molecule has 0 amide bonds. The first-order chi connectivity index (χ1) is 18.4. The lowest BCUT2D eigenvalue weighted by atomic mass is 9.99. The number of ether oxygens (including phenoxy) is 2. The fourth-order valence-corrected chi connectivity index (χ4v) is 4.51. The van der Waals surface area contributed by atoms with E-state index in [2.05, 4.69) is 4.99 Å². The molecule has 3 heterocycles. The van der Waals surface area contributed by atoms with Crippen molar-refractivity contribution in [3.8, 4) is 11.5 Å². The Morgan fingerprint density at radius 3 is 2.38 bits per heavy atom. The fraction of sp³-hybridized carbons (Fsp3) is 0.417. The van der Waals surface area contributed by atoms with E-state index in [1.54, 1.807) is 0 Å². The zero-order valence-corrected chi connectivity index (χ0v) is 20.1. The van der Waals surface area contributed by atoms with Crippen molar-refractivity contribution in [2.45, 2.75) is 55.6 Å².